The van der Waals surface area contributed by atoms with Crippen LogP contribution in [0, 0.1) is 17.0 Å². The second-order valence-corrected chi connectivity index (χ2v) is 4.96. The minimum atomic E-state index is -0.651. The monoisotopic (exact) mass is 324 g/mol. The average molecular weight is 324 g/mol. The number of carbonyl (C=O) groups excluding carboxylic acids is 1. The van der Waals surface area contributed by atoms with Gasteiger partial charge in [0.1, 0.15) is 4.92 Å². The van der Waals surface area contributed by atoms with Crippen LogP contribution in [0.15, 0.2) is 52.0 Å². The molecule has 0 unspecified atom stereocenters. The van der Waals surface area contributed by atoms with E-state index >= 15 is 0 Å². The Balaban J connectivity index is 1.80. The molecule has 0 aliphatic heterocycles. The molecule has 0 saturated heterocycles. The molecule has 3 aromatic rings. The fourth-order valence-corrected chi connectivity index (χ4v) is 2.22. The molecule has 0 bridgehead atoms. The SMILES string of the molecule is Cc1cc(C(=O)N/N=C\c2ccc([N+](=O)[O-])o2)c2ccccc2n1. The predicted molar refractivity (Wildman–Crippen MR) is 86.9 cm³/mol. The van der Waals surface area contributed by atoms with Crippen LogP contribution >= 0.6 is 0 Å². The van der Waals surface area contributed by atoms with Gasteiger partial charge in [0.15, 0.2) is 5.76 Å². The number of nitrogens with zero attached hydrogens (tertiary/aromatic N) is 3. The van der Waals surface area contributed by atoms with Crippen LogP contribution in [0.5, 0.6) is 0 Å². The second-order valence-electron chi connectivity index (χ2n) is 4.96. The molecule has 120 valence electrons. The van der Waals surface area contributed by atoms with Gasteiger partial charge >= 0.3 is 5.88 Å². The van der Waals surface area contributed by atoms with E-state index in [4.69, 9.17) is 4.42 Å². The molecule has 2 heterocycles. The molecule has 8 heteroatoms. The number of aryl methyl sites for hydroxylation is 1. The molecular weight excluding hydrogens is 312 g/mol. The molecule has 2 aromatic heterocycles. The Morgan fingerprint density at radius 2 is 2.12 bits per heavy atom. The molecule has 1 amide bonds. The van der Waals surface area contributed by atoms with Crippen molar-refractivity contribution in [2.45, 2.75) is 6.92 Å². The molecule has 1 N–H and O–H groups in total. The number of pyridine rings is 1. The smallest absolute Gasteiger partial charge is 0.400 e. The van der Waals surface area contributed by atoms with Crippen molar-refractivity contribution in [1.29, 1.82) is 0 Å². The number of aromatic nitrogens is 1. The van der Waals surface area contributed by atoms with E-state index in [1.54, 1.807) is 19.1 Å². The number of hydrogen-bond donors (Lipinski definition) is 1. The van der Waals surface area contributed by atoms with Crippen molar-refractivity contribution in [3.63, 3.8) is 0 Å². The Morgan fingerprint density at radius 1 is 1.33 bits per heavy atom. The highest BCUT2D eigenvalue weighted by Crippen LogP contribution is 2.18. The van der Waals surface area contributed by atoms with Crippen LogP contribution in [-0.4, -0.2) is 22.0 Å². The van der Waals surface area contributed by atoms with Gasteiger partial charge in [-0.3, -0.25) is 19.9 Å². The van der Waals surface area contributed by atoms with Crippen molar-refractivity contribution in [3.8, 4) is 0 Å². The summed E-state index contributed by atoms with van der Waals surface area (Å²) in [7, 11) is 0. The van der Waals surface area contributed by atoms with Gasteiger partial charge in [0.2, 0.25) is 0 Å². The lowest BCUT2D eigenvalue weighted by Gasteiger charge is -2.06. The number of hydrazone groups is 1. The summed E-state index contributed by atoms with van der Waals surface area (Å²) in [4.78, 5) is 26.6. The van der Waals surface area contributed by atoms with Gasteiger partial charge in [0, 0.05) is 11.1 Å². The van der Waals surface area contributed by atoms with E-state index in [9.17, 15) is 14.9 Å². The molecule has 24 heavy (non-hydrogen) atoms. The van der Waals surface area contributed by atoms with Crippen molar-refractivity contribution >= 4 is 28.9 Å². The van der Waals surface area contributed by atoms with Gasteiger partial charge < -0.3 is 4.42 Å². The van der Waals surface area contributed by atoms with Gasteiger partial charge in [-0.15, -0.1) is 0 Å². The molecule has 8 nitrogen and oxygen atoms in total. The molecule has 1 aromatic carbocycles. The lowest BCUT2D eigenvalue weighted by Crippen LogP contribution is -2.18. The van der Waals surface area contributed by atoms with Crippen LogP contribution in [0.1, 0.15) is 21.8 Å². The zero-order valence-electron chi connectivity index (χ0n) is 12.6. The molecule has 0 aliphatic carbocycles. The van der Waals surface area contributed by atoms with Gasteiger partial charge in [-0.05, 0) is 25.1 Å². The summed E-state index contributed by atoms with van der Waals surface area (Å²) in [6.07, 6.45) is 1.20. The van der Waals surface area contributed by atoms with Gasteiger partial charge in [0.25, 0.3) is 5.91 Å². The summed E-state index contributed by atoms with van der Waals surface area (Å²) in [5.41, 5.74) is 4.25. The summed E-state index contributed by atoms with van der Waals surface area (Å²) < 4.78 is 4.91. The lowest BCUT2D eigenvalue weighted by molar-refractivity contribution is -0.402. The highest BCUT2D eigenvalue weighted by atomic mass is 16.6. The molecule has 0 saturated carbocycles. The molecule has 0 aliphatic rings. The highest BCUT2D eigenvalue weighted by molar-refractivity contribution is 6.06. The largest absolute Gasteiger partial charge is 0.433 e. The first-order valence-corrected chi connectivity index (χ1v) is 6.98. The van der Waals surface area contributed by atoms with Crippen molar-refractivity contribution < 1.29 is 14.1 Å². The van der Waals surface area contributed by atoms with E-state index in [0.29, 0.717) is 22.2 Å². The third kappa shape index (κ3) is 3.12. The Kier molecular flexibility index (Phi) is 4.02. The number of benzene rings is 1. The van der Waals surface area contributed by atoms with Gasteiger partial charge in [0.05, 0.1) is 23.4 Å². The van der Waals surface area contributed by atoms with Crippen molar-refractivity contribution in [2.24, 2.45) is 5.10 Å². The summed E-state index contributed by atoms with van der Waals surface area (Å²) >= 11 is 0. The zero-order chi connectivity index (χ0) is 17.1. The third-order valence-electron chi connectivity index (χ3n) is 3.24. The topological polar surface area (TPSA) is 111 Å². The normalized spacial score (nSPS) is 11.0. The van der Waals surface area contributed by atoms with Gasteiger partial charge in [-0.2, -0.15) is 5.10 Å². The van der Waals surface area contributed by atoms with Crippen molar-refractivity contribution in [1.82, 2.24) is 10.4 Å². The number of hydrogen-bond acceptors (Lipinski definition) is 6. The zero-order valence-corrected chi connectivity index (χ0v) is 12.6. The molecule has 0 radical (unpaired) electrons. The van der Waals surface area contributed by atoms with Crippen LogP contribution in [0.25, 0.3) is 10.9 Å². The average Bonchev–Trinajstić information content (AvgIpc) is 3.03. The van der Waals surface area contributed by atoms with Crippen molar-refractivity contribution in [2.75, 3.05) is 0 Å². The van der Waals surface area contributed by atoms with E-state index in [2.05, 4.69) is 15.5 Å². The number of furan rings is 1. The number of nitro groups is 1. The minimum Gasteiger partial charge on any atom is -0.400 e. The highest BCUT2D eigenvalue weighted by Gasteiger charge is 2.12. The quantitative estimate of drug-likeness (QED) is 0.450. The molecule has 3 rings (SSSR count). The van der Waals surface area contributed by atoms with Gasteiger partial charge in [-0.25, -0.2) is 5.43 Å². The molecular formula is C16H12N4O4. The summed E-state index contributed by atoms with van der Waals surface area (Å²) in [5, 5.41) is 15.0. The fourth-order valence-electron chi connectivity index (χ4n) is 2.22. The first kappa shape index (κ1) is 15.3. The maximum Gasteiger partial charge on any atom is 0.433 e. The number of para-hydroxylation sites is 1. The minimum absolute atomic E-state index is 0.165. The maximum atomic E-state index is 12.3. The summed E-state index contributed by atoms with van der Waals surface area (Å²) in [5.74, 6) is -0.634. The van der Waals surface area contributed by atoms with Crippen LogP contribution in [0.4, 0.5) is 5.88 Å². The summed E-state index contributed by atoms with van der Waals surface area (Å²) in [6, 6.07) is 11.6. The Morgan fingerprint density at radius 3 is 2.88 bits per heavy atom. The first-order chi connectivity index (χ1) is 11.5. The first-order valence-electron chi connectivity index (χ1n) is 6.98. The van der Waals surface area contributed by atoms with E-state index in [1.165, 1.54) is 18.3 Å². The second kappa shape index (κ2) is 6.29. The van der Waals surface area contributed by atoms with Crippen LogP contribution < -0.4 is 5.43 Å². The Hall–Kier alpha value is -3.55. The van der Waals surface area contributed by atoms with E-state index in [1.807, 2.05) is 18.2 Å². The Labute approximate surface area is 136 Å². The van der Waals surface area contributed by atoms with E-state index in [0.717, 1.165) is 0 Å². The maximum absolute atomic E-state index is 12.3. The third-order valence-corrected chi connectivity index (χ3v) is 3.24. The lowest BCUT2D eigenvalue weighted by atomic mass is 10.1. The number of amides is 1. The Bertz CT molecular complexity index is 962. The molecule has 0 spiro atoms. The van der Waals surface area contributed by atoms with Crippen molar-refractivity contribution in [3.05, 3.63) is 69.6 Å². The molecule has 0 fully saturated rings. The standard InChI is InChI=1S/C16H12N4O4/c1-10-8-13(12-4-2-3-5-14(12)18-10)16(21)19-17-9-11-6-7-15(24-11)20(22)23/h2-9H,1H3,(H,19,21)/b17-9-. The fraction of sp³-hybridized carbons (Fsp3) is 0.0625. The van der Waals surface area contributed by atoms with Gasteiger partial charge in [-0.1, -0.05) is 18.2 Å². The number of fused-ring (bicyclic) bond motifs is 1. The summed E-state index contributed by atoms with van der Waals surface area (Å²) in [6.45, 7) is 1.80. The number of nitrogens with one attached hydrogen (secondary N) is 1. The van der Waals surface area contributed by atoms with Crippen LogP contribution in [-0.2, 0) is 0 Å². The van der Waals surface area contributed by atoms with Crippen LogP contribution in [0.3, 0.4) is 0 Å². The van der Waals surface area contributed by atoms with E-state index in [-0.39, 0.29) is 5.76 Å². The predicted octanol–water partition coefficient (Wildman–Crippen LogP) is 2.81. The molecule has 0 atom stereocenters. The van der Waals surface area contributed by atoms with Crippen LogP contribution in [0.2, 0.25) is 0 Å². The number of rotatable bonds is 4. The number of carbonyl (C=O) groups is 1. The van der Waals surface area contributed by atoms with E-state index < -0.39 is 16.7 Å².